The molecule has 1 aromatic heterocycles. The fraction of sp³-hybridized carbons (Fsp3) is 0.235. The van der Waals surface area contributed by atoms with E-state index in [1.165, 1.54) is 48.1 Å². The summed E-state index contributed by atoms with van der Waals surface area (Å²) in [6, 6.07) is 32.7. The minimum absolute atomic E-state index is 0.460. The second-order valence-electron chi connectivity index (χ2n) is 9.95. The second-order valence-corrected chi connectivity index (χ2v) is 11.9. The molecule has 1 aliphatic rings. The first-order chi connectivity index (χ1) is 20.2. The van der Waals surface area contributed by atoms with Crippen molar-refractivity contribution in [2.75, 3.05) is 33.4 Å². The van der Waals surface area contributed by atoms with E-state index in [0.717, 1.165) is 45.6 Å². The summed E-state index contributed by atoms with van der Waals surface area (Å²) >= 11 is 3.15. The van der Waals surface area contributed by atoms with E-state index < -0.39 is 0 Å². The molecule has 5 aromatic rings. The minimum atomic E-state index is 0.460. The van der Waals surface area contributed by atoms with Crippen molar-refractivity contribution in [3.63, 3.8) is 0 Å². The SMILES string of the molecule is COc1cc(OCc2ccccc2)c(-c2cc3ccccc3s2)cc1Oc1ccc(SOCCN2CCCC2)cc1. The lowest BCUT2D eigenvalue weighted by Crippen LogP contribution is -2.23. The van der Waals surface area contributed by atoms with Gasteiger partial charge >= 0.3 is 0 Å². The summed E-state index contributed by atoms with van der Waals surface area (Å²) in [5.41, 5.74) is 2.07. The van der Waals surface area contributed by atoms with E-state index in [9.17, 15) is 0 Å². The number of hydrogen-bond donors (Lipinski definition) is 0. The van der Waals surface area contributed by atoms with Gasteiger partial charge in [-0.3, -0.25) is 0 Å². The van der Waals surface area contributed by atoms with Gasteiger partial charge in [0.05, 0.1) is 13.7 Å². The normalized spacial score (nSPS) is 13.5. The first-order valence-corrected chi connectivity index (χ1v) is 15.5. The lowest BCUT2D eigenvalue weighted by molar-refractivity contribution is 0.261. The summed E-state index contributed by atoms with van der Waals surface area (Å²) in [5.74, 6) is 2.73. The molecule has 4 aromatic carbocycles. The smallest absolute Gasteiger partial charge is 0.170 e. The Hall–Kier alpha value is -3.49. The van der Waals surface area contributed by atoms with Crippen molar-refractivity contribution in [3.05, 3.63) is 103 Å². The van der Waals surface area contributed by atoms with Crippen molar-refractivity contribution in [2.45, 2.75) is 24.3 Å². The molecule has 0 amide bonds. The Morgan fingerprint density at radius 1 is 0.805 bits per heavy atom. The molecule has 2 heterocycles. The van der Waals surface area contributed by atoms with Crippen LogP contribution in [0, 0.1) is 0 Å². The van der Waals surface area contributed by atoms with Crippen molar-refractivity contribution >= 4 is 33.5 Å². The van der Waals surface area contributed by atoms with Crippen LogP contribution in [0.2, 0.25) is 0 Å². The highest BCUT2D eigenvalue weighted by Gasteiger charge is 2.18. The van der Waals surface area contributed by atoms with Crippen LogP contribution in [0.4, 0.5) is 0 Å². The lowest BCUT2D eigenvalue weighted by Gasteiger charge is -2.17. The maximum absolute atomic E-state index is 6.37. The van der Waals surface area contributed by atoms with Crippen molar-refractivity contribution in [2.24, 2.45) is 0 Å². The molecular formula is C34H33NO4S2. The van der Waals surface area contributed by atoms with E-state index in [1.54, 1.807) is 18.4 Å². The average Bonchev–Trinajstić information content (AvgIpc) is 3.70. The van der Waals surface area contributed by atoms with Gasteiger partial charge in [-0.15, -0.1) is 11.3 Å². The zero-order valence-electron chi connectivity index (χ0n) is 23.1. The molecule has 0 aliphatic carbocycles. The Morgan fingerprint density at radius 2 is 1.59 bits per heavy atom. The van der Waals surface area contributed by atoms with Gasteiger partial charge in [0.2, 0.25) is 0 Å². The molecule has 0 bridgehead atoms. The van der Waals surface area contributed by atoms with Crippen LogP contribution >= 0.6 is 23.4 Å². The number of thiophene rings is 1. The molecule has 0 atom stereocenters. The molecule has 0 unspecified atom stereocenters. The highest BCUT2D eigenvalue weighted by Crippen LogP contribution is 2.45. The summed E-state index contributed by atoms with van der Waals surface area (Å²) in [7, 11) is 1.65. The standard InChI is InChI=1S/C34H33NO4S2/c1-36-31-23-30(37-24-25-9-3-2-4-10-25)29(34-21-26-11-5-6-12-33(26)40-34)22-32(31)39-27-13-15-28(16-14-27)41-38-20-19-35-17-7-8-18-35/h2-6,9-16,21-23H,7-8,17-20,24H2,1H3. The Morgan fingerprint density at radius 3 is 2.37 bits per heavy atom. The number of likely N-dealkylation sites (tertiary alicyclic amines) is 1. The topological polar surface area (TPSA) is 40.2 Å². The van der Waals surface area contributed by atoms with Gasteiger partial charge in [-0.1, -0.05) is 48.5 Å². The van der Waals surface area contributed by atoms with Gasteiger partial charge in [0, 0.05) is 44.7 Å². The molecule has 0 radical (unpaired) electrons. The fourth-order valence-corrected chi connectivity index (χ4v) is 6.54. The highest BCUT2D eigenvalue weighted by atomic mass is 32.2. The monoisotopic (exact) mass is 583 g/mol. The molecule has 210 valence electrons. The van der Waals surface area contributed by atoms with Gasteiger partial charge in [0.15, 0.2) is 11.5 Å². The third-order valence-corrected chi connectivity index (χ3v) is 8.99. The number of nitrogens with zero attached hydrogens (tertiary/aromatic N) is 1. The van der Waals surface area contributed by atoms with Crippen LogP contribution in [0.15, 0.2) is 102 Å². The van der Waals surface area contributed by atoms with E-state index in [4.69, 9.17) is 18.4 Å². The zero-order chi connectivity index (χ0) is 27.9. The third-order valence-electron chi connectivity index (χ3n) is 7.09. The van der Waals surface area contributed by atoms with E-state index in [1.807, 2.05) is 54.6 Å². The molecule has 1 saturated heterocycles. The minimum Gasteiger partial charge on any atom is -0.493 e. The molecule has 6 rings (SSSR count). The Labute approximate surface area is 249 Å². The number of fused-ring (bicyclic) bond motifs is 1. The summed E-state index contributed by atoms with van der Waals surface area (Å²) in [6.07, 6.45) is 2.60. The van der Waals surface area contributed by atoms with Crippen molar-refractivity contribution in [3.8, 4) is 33.4 Å². The number of hydrogen-bond acceptors (Lipinski definition) is 7. The quantitative estimate of drug-likeness (QED) is 0.108. The van der Waals surface area contributed by atoms with E-state index >= 15 is 0 Å². The van der Waals surface area contributed by atoms with Gasteiger partial charge in [-0.05, 0) is 79.3 Å². The predicted molar refractivity (Wildman–Crippen MR) is 169 cm³/mol. The first kappa shape index (κ1) is 27.7. The molecule has 0 spiro atoms. The number of methoxy groups -OCH3 is 1. The number of benzene rings is 4. The largest absolute Gasteiger partial charge is 0.493 e. The van der Waals surface area contributed by atoms with E-state index in [2.05, 4.69) is 47.4 Å². The summed E-state index contributed by atoms with van der Waals surface area (Å²) < 4.78 is 25.6. The van der Waals surface area contributed by atoms with Gasteiger partial charge in [0.1, 0.15) is 18.1 Å². The van der Waals surface area contributed by atoms with Gasteiger partial charge in [-0.25, -0.2) is 0 Å². The summed E-state index contributed by atoms with van der Waals surface area (Å²) in [5, 5.41) is 1.20. The van der Waals surface area contributed by atoms with Gasteiger partial charge in [-0.2, -0.15) is 0 Å². The van der Waals surface area contributed by atoms with Crippen molar-refractivity contribution in [1.82, 2.24) is 4.90 Å². The molecule has 0 saturated carbocycles. The molecule has 41 heavy (non-hydrogen) atoms. The van der Waals surface area contributed by atoms with Crippen LogP contribution < -0.4 is 14.2 Å². The first-order valence-electron chi connectivity index (χ1n) is 13.9. The molecule has 0 N–H and O–H groups in total. The van der Waals surface area contributed by atoms with E-state index in [0.29, 0.717) is 18.1 Å². The molecule has 5 nitrogen and oxygen atoms in total. The number of ether oxygens (including phenoxy) is 3. The second kappa shape index (κ2) is 13.4. The predicted octanol–water partition coefficient (Wildman–Crippen LogP) is 9.07. The van der Waals surface area contributed by atoms with E-state index in [-0.39, 0.29) is 0 Å². The van der Waals surface area contributed by atoms with Crippen molar-refractivity contribution in [1.29, 1.82) is 0 Å². The third kappa shape index (κ3) is 7.05. The van der Waals surface area contributed by atoms with Gasteiger partial charge < -0.3 is 23.3 Å². The van der Waals surface area contributed by atoms with Crippen LogP contribution in [0.5, 0.6) is 23.0 Å². The number of rotatable bonds is 12. The maximum atomic E-state index is 6.37. The van der Waals surface area contributed by atoms with Crippen molar-refractivity contribution < 1.29 is 18.4 Å². The molecule has 1 fully saturated rings. The van der Waals surface area contributed by atoms with Crippen LogP contribution in [-0.4, -0.2) is 38.3 Å². The Kier molecular flexibility index (Phi) is 9.08. The zero-order valence-corrected chi connectivity index (χ0v) is 24.7. The molecular weight excluding hydrogens is 551 g/mol. The van der Waals surface area contributed by atoms with Crippen LogP contribution in [0.3, 0.4) is 0 Å². The average molecular weight is 584 g/mol. The molecule has 7 heteroatoms. The van der Waals surface area contributed by atoms with Crippen LogP contribution in [0.1, 0.15) is 18.4 Å². The van der Waals surface area contributed by atoms with Crippen LogP contribution in [0.25, 0.3) is 20.5 Å². The Bertz CT molecular complexity index is 1530. The highest BCUT2D eigenvalue weighted by molar-refractivity contribution is 7.94. The van der Waals surface area contributed by atoms with Crippen LogP contribution in [-0.2, 0) is 10.8 Å². The summed E-state index contributed by atoms with van der Waals surface area (Å²) in [6.45, 7) is 4.55. The fourth-order valence-electron chi connectivity index (χ4n) is 4.91. The maximum Gasteiger partial charge on any atom is 0.170 e. The van der Waals surface area contributed by atoms with Gasteiger partial charge in [0.25, 0.3) is 0 Å². The molecule has 1 aliphatic heterocycles. The summed E-state index contributed by atoms with van der Waals surface area (Å²) in [4.78, 5) is 4.61. The Balaban J connectivity index is 1.21. The lowest BCUT2D eigenvalue weighted by atomic mass is 10.1.